The van der Waals surface area contributed by atoms with Gasteiger partial charge in [0.15, 0.2) is 0 Å². The number of nitrogens with one attached hydrogen (secondary N) is 1. The molecule has 0 spiro atoms. The summed E-state index contributed by atoms with van der Waals surface area (Å²) in [6.07, 6.45) is 4.74. The molecule has 1 N–H and O–H groups in total. The minimum absolute atomic E-state index is 0.247. The molecule has 0 bridgehead atoms. The summed E-state index contributed by atoms with van der Waals surface area (Å²) in [4.78, 5) is 14.5. The predicted octanol–water partition coefficient (Wildman–Crippen LogP) is 4.78. The Hall–Kier alpha value is -2.31. The van der Waals surface area contributed by atoms with E-state index in [1.807, 2.05) is 24.3 Å². The Bertz CT molecular complexity index is 875. The van der Waals surface area contributed by atoms with Gasteiger partial charge < -0.3 is 14.5 Å². The van der Waals surface area contributed by atoms with Crippen molar-refractivity contribution in [2.45, 2.75) is 38.4 Å². The van der Waals surface area contributed by atoms with Crippen molar-refractivity contribution < 1.29 is 13.9 Å². The van der Waals surface area contributed by atoms with E-state index in [9.17, 15) is 4.79 Å². The van der Waals surface area contributed by atoms with E-state index in [0.717, 1.165) is 30.8 Å². The number of thiophene rings is 1. The third-order valence-corrected chi connectivity index (χ3v) is 6.09. The Morgan fingerprint density at radius 2 is 2.19 bits per heavy atom. The van der Waals surface area contributed by atoms with E-state index in [1.54, 1.807) is 17.6 Å². The average Bonchev–Trinajstić information content (AvgIpc) is 3.35. The Labute approximate surface area is 162 Å². The van der Waals surface area contributed by atoms with Crippen molar-refractivity contribution in [3.05, 3.63) is 59.4 Å². The highest BCUT2D eigenvalue weighted by Gasteiger charge is 2.24. The van der Waals surface area contributed by atoms with Gasteiger partial charge in [0, 0.05) is 17.3 Å². The third kappa shape index (κ3) is 4.51. The number of alkyl carbamates (subject to hydrolysis) is 1. The fourth-order valence-corrected chi connectivity index (χ4v) is 4.58. The third-order valence-electron chi connectivity index (χ3n) is 5.08. The van der Waals surface area contributed by atoms with E-state index in [-0.39, 0.29) is 12.1 Å². The fraction of sp³-hybridized carbons (Fsp3) is 0.381. The number of piperidine rings is 1. The first-order chi connectivity index (χ1) is 13.3. The molecule has 0 radical (unpaired) electrons. The van der Waals surface area contributed by atoms with Crippen LogP contribution in [0.25, 0.3) is 10.1 Å². The number of likely N-dealkylation sites (tertiary alicyclic amines) is 1. The van der Waals surface area contributed by atoms with Crippen LogP contribution in [0.3, 0.4) is 0 Å². The van der Waals surface area contributed by atoms with Crippen LogP contribution in [-0.4, -0.2) is 30.2 Å². The maximum absolute atomic E-state index is 12.2. The lowest BCUT2D eigenvalue weighted by molar-refractivity contribution is 0.0599. The van der Waals surface area contributed by atoms with Crippen LogP contribution >= 0.6 is 11.3 Å². The zero-order valence-corrected chi connectivity index (χ0v) is 16.0. The highest BCUT2D eigenvalue weighted by molar-refractivity contribution is 7.17. The largest absolute Gasteiger partial charge is 0.468 e. The monoisotopic (exact) mass is 384 g/mol. The van der Waals surface area contributed by atoms with Crippen LogP contribution in [-0.2, 0) is 17.8 Å². The van der Waals surface area contributed by atoms with Gasteiger partial charge in [-0.05, 0) is 53.9 Å². The van der Waals surface area contributed by atoms with Crippen LogP contribution in [0.2, 0.25) is 0 Å². The molecule has 0 saturated carbocycles. The van der Waals surface area contributed by atoms with Crippen molar-refractivity contribution in [1.82, 2.24) is 10.2 Å². The van der Waals surface area contributed by atoms with E-state index in [0.29, 0.717) is 13.2 Å². The smallest absolute Gasteiger partial charge is 0.407 e. The molecule has 1 amide bonds. The number of rotatable bonds is 6. The van der Waals surface area contributed by atoms with Gasteiger partial charge in [0.2, 0.25) is 0 Å². The van der Waals surface area contributed by atoms with E-state index in [4.69, 9.17) is 9.15 Å². The maximum Gasteiger partial charge on any atom is 0.407 e. The maximum atomic E-state index is 12.2. The molecule has 1 atom stereocenters. The number of fused-ring (bicyclic) bond motifs is 1. The van der Waals surface area contributed by atoms with Gasteiger partial charge in [-0.1, -0.05) is 24.6 Å². The van der Waals surface area contributed by atoms with Gasteiger partial charge in [0.25, 0.3) is 0 Å². The molecule has 1 aromatic carbocycles. The lowest BCUT2D eigenvalue weighted by atomic mass is 10.0. The number of hydrogen-bond donors (Lipinski definition) is 1. The topological polar surface area (TPSA) is 54.7 Å². The standard InChI is InChI=1S/C21H24N2O3S/c24-21(22-12-16-15-27-20-9-2-1-8-19(16)20)26-14-17-6-3-4-10-23(17)13-18-7-5-11-25-18/h1-2,5,7-9,11,15,17H,3-4,6,10,12-14H2,(H,22,24). The molecule has 1 unspecified atom stereocenters. The van der Waals surface area contributed by atoms with Crippen LogP contribution in [0.1, 0.15) is 30.6 Å². The molecule has 3 heterocycles. The number of carbonyl (C=O) groups is 1. The number of nitrogens with zero attached hydrogens (tertiary/aromatic N) is 1. The molecule has 3 aromatic rings. The fourth-order valence-electron chi connectivity index (χ4n) is 3.62. The summed E-state index contributed by atoms with van der Waals surface area (Å²) in [5, 5.41) is 6.17. The van der Waals surface area contributed by atoms with E-state index < -0.39 is 0 Å². The van der Waals surface area contributed by atoms with Crippen molar-refractivity contribution in [3.63, 3.8) is 0 Å². The first kappa shape index (κ1) is 18.1. The summed E-state index contributed by atoms with van der Waals surface area (Å²) >= 11 is 1.70. The molecule has 5 nitrogen and oxygen atoms in total. The molecule has 1 saturated heterocycles. The molecule has 1 aliphatic heterocycles. The minimum Gasteiger partial charge on any atom is -0.468 e. The molecule has 1 fully saturated rings. The number of benzene rings is 1. The van der Waals surface area contributed by atoms with E-state index in [1.165, 1.54) is 22.9 Å². The molecule has 6 heteroatoms. The number of furan rings is 1. The average molecular weight is 385 g/mol. The van der Waals surface area contributed by atoms with Crippen molar-refractivity contribution >= 4 is 27.5 Å². The number of carbonyl (C=O) groups excluding carboxylic acids is 1. The summed E-state index contributed by atoms with van der Waals surface area (Å²) in [7, 11) is 0. The molecule has 142 valence electrons. The molecular formula is C21H24N2O3S. The molecule has 27 heavy (non-hydrogen) atoms. The first-order valence-corrected chi connectivity index (χ1v) is 10.3. The number of amides is 1. The second-order valence-electron chi connectivity index (χ2n) is 6.91. The summed E-state index contributed by atoms with van der Waals surface area (Å²) < 4.78 is 12.2. The van der Waals surface area contributed by atoms with Crippen molar-refractivity contribution in [2.24, 2.45) is 0 Å². The summed E-state index contributed by atoms with van der Waals surface area (Å²) in [5.74, 6) is 0.954. The molecule has 4 rings (SSSR count). The second kappa shape index (κ2) is 8.59. The lowest BCUT2D eigenvalue weighted by Gasteiger charge is -2.34. The normalized spacial score (nSPS) is 17.9. The van der Waals surface area contributed by atoms with Gasteiger partial charge in [-0.25, -0.2) is 4.79 Å². The summed E-state index contributed by atoms with van der Waals surface area (Å²) in [6.45, 7) is 2.68. The molecule has 2 aromatic heterocycles. The quantitative estimate of drug-likeness (QED) is 0.665. The number of hydrogen-bond acceptors (Lipinski definition) is 5. The SMILES string of the molecule is O=C(NCc1csc2ccccc12)OCC1CCCCN1Cc1ccco1. The van der Waals surface area contributed by atoms with Gasteiger partial charge in [0.05, 0.1) is 12.8 Å². The Kier molecular flexibility index (Phi) is 5.75. The first-order valence-electron chi connectivity index (χ1n) is 9.42. The van der Waals surface area contributed by atoms with Gasteiger partial charge in [-0.2, -0.15) is 0 Å². The van der Waals surface area contributed by atoms with Crippen LogP contribution in [0, 0.1) is 0 Å². The van der Waals surface area contributed by atoms with Crippen molar-refractivity contribution in [3.8, 4) is 0 Å². The highest BCUT2D eigenvalue weighted by Crippen LogP contribution is 2.25. The summed E-state index contributed by atoms with van der Waals surface area (Å²) in [5.41, 5.74) is 1.13. The lowest BCUT2D eigenvalue weighted by Crippen LogP contribution is -2.43. The zero-order valence-electron chi connectivity index (χ0n) is 15.2. The Balaban J connectivity index is 1.27. The zero-order chi connectivity index (χ0) is 18.5. The molecule has 1 aliphatic rings. The van der Waals surface area contributed by atoms with Gasteiger partial charge in [0.1, 0.15) is 12.4 Å². The van der Waals surface area contributed by atoms with Gasteiger partial charge >= 0.3 is 6.09 Å². The van der Waals surface area contributed by atoms with Gasteiger partial charge in [-0.15, -0.1) is 11.3 Å². The molecular weight excluding hydrogens is 360 g/mol. The minimum atomic E-state index is -0.353. The van der Waals surface area contributed by atoms with E-state index >= 15 is 0 Å². The van der Waals surface area contributed by atoms with Crippen molar-refractivity contribution in [2.75, 3.05) is 13.2 Å². The van der Waals surface area contributed by atoms with Crippen LogP contribution in [0.4, 0.5) is 4.79 Å². The Morgan fingerprint density at radius 1 is 1.26 bits per heavy atom. The second-order valence-corrected chi connectivity index (χ2v) is 7.82. The highest BCUT2D eigenvalue weighted by atomic mass is 32.1. The Morgan fingerprint density at radius 3 is 3.07 bits per heavy atom. The van der Waals surface area contributed by atoms with Crippen LogP contribution in [0.5, 0.6) is 0 Å². The van der Waals surface area contributed by atoms with Gasteiger partial charge in [-0.3, -0.25) is 4.90 Å². The van der Waals surface area contributed by atoms with Crippen LogP contribution < -0.4 is 5.32 Å². The van der Waals surface area contributed by atoms with E-state index in [2.05, 4.69) is 27.7 Å². The summed E-state index contributed by atoms with van der Waals surface area (Å²) in [6, 6.07) is 12.4. The van der Waals surface area contributed by atoms with Crippen LogP contribution in [0.15, 0.2) is 52.5 Å². The predicted molar refractivity (Wildman–Crippen MR) is 107 cm³/mol. The number of ether oxygens (including phenoxy) is 1. The van der Waals surface area contributed by atoms with Crippen molar-refractivity contribution in [1.29, 1.82) is 0 Å². The molecule has 0 aliphatic carbocycles.